The molecule has 37 heavy (non-hydrogen) atoms. The Morgan fingerprint density at radius 1 is 1.14 bits per heavy atom. The number of halogens is 1. The van der Waals surface area contributed by atoms with Gasteiger partial charge in [0, 0.05) is 30.3 Å². The zero-order valence-corrected chi connectivity index (χ0v) is 21.2. The van der Waals surface area contributed by atoms with Gasteiger partial charge in [0.15, 0.2) is 0 Å². The first-order valence-electron chi connectivity index (χ1n) is 12.6. The van der Waals surface area contributed by atoms with Crippen molar-refractivity contribution < 1.29 is 19.4 Å². The van der Waals surface area contributed by atoms with Gasteiger partial charge in [0.25, 0.3) is 0 Å². The van der Waals surface area contributed by atoms with Crippen LogP contribution in [-0.2, 0) is 37.4 Å². The summed E-state index contributed by atoms with van der Waals surface area (Å²) in [4.78, 5) is 18.9. The number of ether oxygens (including phenoxy) is 2. The Labute approximate surface area is 220 Å². The van der Waals surface area contributed by atoms with Gasteiger partial charge in [-0.2, -0.15) is 0 Å². The molecule has 0 saturated carbocycles. The molecule has 0 radical (unpaired) electrons. The van der Waals surface area contributed by atoms with Gasteiger partial charge in [-0.25, -0.2) is 9.78 Å². The second-order valence-electron chi connectivity index (χ2n) is 9.70. The van der Waals surface area contributed by atoms with Gasteiger partial charge in [-0.15, -0.1) is 0 Å². The predicted molar refractivity (Wildman–Crippen MR) is 141 cm³/mol. The number of imidazole rings is 1. The highest BCUT2D eigenvalue weighted by Crippen LogP contribution is 2.28. The highest BCUT2D eigenvalue weighted by Gasteiger charge is 2.24. The number of carboxylic acid groups (broad SMARTS) is 1. The van der Waals surface area contributed by atoms with E-state index in [-0.39, 0.29) is 11.7 Å². The van der Waals surface area contributed by atoms with E-state index in [0.29, 0.717) is 24.7 Å². The van der Waals surface area contributed by atoms with E-state index in [2.05, 4.69) is 21.6 Å². The molecule has 0 amide bonds. The van der Waals surface area contributed by atoms with E-state index in [1.807, 2.05) is 30.3 Å². The van der Waals surface area contributed by atoms with Gasteiger partial charge in [0.1, 0.15) is 18.2 Å². The first-order valence-corrected chi connectivity index (χ1v) is 13.0. The first-order chi connectivity index (χ1) is 18.0. The summed E-state index contributed by atoms with van der Waals surface area (Å²) in [6, 6.07) is 19.2. The summed E-state index contributed by atoms with van der Waals surface area (Å²) in [5.74, 6) is 0.829. The summed E-state index contributed by atoms with van der Waals surface area (Å²) in [5, 5.41) is 10.2. The van der Waals surface area contributed by atoms with Crippen molar-refractivity contribution >= 4 is 28.6 Å². The summed E-state index contributed by atoms with van der Waals surface area (Å²) < 4.78 is 13.9. The van der Waals surface area contributed by atoms with Gasteiger partial charge in [0.2, 0.25) is 0 Å². The van der Waals surface area contributed by atoms with E-state index in [0.717, 1.165) is 60.7 Å². The highest BCUT2D eigenvalue weighted by atomic mass is 35.5. The lowest BCUT2D eigenvalue weighted by atomic mass is 9.99. The lowest BCUT2D eigenvalue weighted by molar-refractivity contribution is -0.0592. The van der Waals surface area contributed by atoms with Crippen molar-refractivity contribution in [3.63, 3.8) is 0 Å². The van der Waals surface area contributed by atoms with Crippen LogP contribution in [0, 0.1) is 0 Å². The van der Waals surface area contributed by atoms with Crippen molar-refractivity contribution in [1.82, 2.24) is 14.5 Å². The van der Waals surface area contributed by atoms with Gasteiger partial charge in [-0.3, -0.25) is 4.90 Å². The molecule has 0 spiro atoms. The average Bonchev–Trinajstić information content (AvgIpc) is 3.21. The summed E-state index contributed by atoms with van der Waals surface area (Å²) in [6.07, 6.45) is 2.10. The van der Waals surface area contributed by atoms with Crippen molar-refractivity contribution in [3.8, 4) is 5.75 Å². The fourth-order valence-electron chi connectivity index (χ4n) is 5.06. The zero-order valence-electron chi connectivity index (χ0n) is 20.4. The molecule has 1 fully saturated rings. The molecule has 2 aliphatic heterocycles. The molecule has 0 bridgehead atoms. The second kappa shape index (κ2) is 10.2. The molecule has 1 atom stereocenters. The van der Waals surface area contributed by atoms with Crippen LogP contribution in [0.4, 0.5) is 0 Å². The Morgan fingerprint density at radius 2 is 2.00 bits per heavy atom. The number of aromatic carboxylic acids is 1. The number of benzene rings is 3. The number of nitrogens with zero attached hydrogens (tertiary/aromatic N) is 3. The topological polar surface area (TPSA) is 76.8 Å². The number of carboxylic acids is 1. The maximum Gasteiger partial charge on any atom is 0.335 e. The first kappa shape index (κ1) is 24.0. The maximum atomic E-state index is 11.6. The second-order valence-corrected chi connectivity index (χ2v) is 10.1. The Balaban J connectivity index is 1.21. The third kappa shape index (κ3) is 5.07. The van der Waals surface area contributed by atoms with Gasteiger partial charge >= 0.3 is 5.97 Å². The standard InChI is InChI=1S/C29H28ClN3O4/c30-25-4-2-1-3-21(25)18-37-23-7-5-19-9-11-32(15-22(19)13-23)17-28-31-26-8-6-20(29(34)35)14-27(26)33(28)16-24-10-12-36-24/h1-8,13-14,24H,9-12,15-18H2,(H,34,35)/t24-/m0/s1. The van der Waals surface area contributed by atoms with Crippen LogP contribution in [0.15, 0.2) is 60.7 Å². The number of aromatic nitrogens is 2. The quantitative estimate of drug-likeness (QED) is 0.341. The summed E-state index contributed by atoms with van der Waals surface area (Å²) in [6.45, 7) is 4.27. The molecule has 3 heterocycles. The monoisotopic (exact) mass is 517 g/mol. The van der Waals surface area contributed by atoms with Crippen LogP contribution in [0.3, 0.4) is 0 Å². The molecule has 1 N–H and O–H groups in total. The van der Waals surface area contributed by atoms with Gasteiger partial charge in [0.05, 0.1) is 35.8 Å². The SMILES string of the molecule is O=C(O)c1ccc2nc(CN3CCc4ccc(OCc5ccccc5Cl)cc4C3)n(C[C@@H]3CCO3)c2c1. The van der Waals surface area contributed by atoms with Crippen molar-refractivity contribution in [2.24, 2.45) is 0 Å². The minimum Gasteiger partial charge on any atom is -0.489 e. The van der Waals surface area contributed by atoms with E-state index in [9.17, 15) is 9.90 Å². The number of hydrogen-bond acceptors (Lipinski definition) is 5. The summed E-state index contributed by atoms with van der Waals surface area (Å²) in [5.41, 5.74) is 5.48. The normalized spacial score (nSPS) is 17.4. The Bertz CT molecular complexity index is 1460. The molecule has 0 aliphatic carbocycles. The molecule has 7 nitrogen and oxygen atoms in total. The Kier molecular flexibility index (Phi) is 6.59. The Morgan fingerprint density at radius 3 is 2.78 bits per heavy atom. The van der Waals surface area contributed by atoms with Crippen molar-refractivity contribution in [1.29, 1.82) is 0 Å². The molecule has 3 aromatic carbocycles. The highest BCUT2D eigenvalue weighted by molar-refractivity contribution is 6.31. The third-order valence-electron chi connectivity index (χ3n) is 7.24. The molecule has 8 heteroatoms. The van der Waals surface area contributed by atoms with Crippen LogP contribution in [-0.4, -0.2) is 44.8 Å². The molecule has 190 valence electrons. The van der Waals surface area contributed by atoms with Crippen LogP contribution in [0.1, 0.15) is 39.3 Å². The predicted octanol–water partition coefficient (Wildman–Crippen LogP) is 5.31. The Hall–Kier alpha value is -3.39. The minimum absolute atomic E-state index is 0.143. The smallest absolute Gasteiger partial charge is 0.335 e. The van der Waals surface area contributed by atoms with Crippen LogP contribution >= 0.6 is 11.6 Å². The van der Waals surface area contributed by atoms with E-state index in [4.69, 9.17) is 26.1 Å². The van der Waals surface area contributed by atoms with Gasteiger partial charge in [-0.05, 0) is 60.4 Å². The molecule has 4 aromatic rings. The van der Waals surface area contributed by atoms with Gasteiger partial charge in [-0.1, -0.05) is 35.9 Å². The van der Waals surface area contributed by atoms with Crippen LogP contribution in [0.2, 0.25) is 5.02 Å². The molecule has 0 unspecified atom stereocenters. The van der Waals surface area contributed by atoms with Crippen LogP contribution in [0.25, 0.3) is 11.0 Å². The lowest BCUT2D eigenvalue weighted by Crippen LogP contribution is -2.34. The van der Waals surface area contributed by atoms with E-state index in [1.54, 1.807) is 18.2 Å². The molecule has 1 saturated heterocycles. The molecule has 6 rings (SSSR count). The van der Waals surface area contributed by atoms with Crippen molar-refractivity contribution in [2.75, 3.05) is 13.2 Å². The fraction of sp³-hybridized carbons (Fsp3) is 0.310. The van der Waals surface area contributed by atoms with E-state index >= 15 is 0 Å². The van der Waals surface area contributed by atoms with Crippen LogP contribution in [0.5, 0.6) is 5.75 Å². The zero-order chi connectivity index (χ0) is 25.4. The molecular formula is C29H28ClN3O4. The number of carbonyl (C=O) groups is 1. The molecular weight excluding hydrogens is 490 g/mol. The molecule has 2 aliphatic rings. The molecule has 1 aromatic heterocycles. The van der Waals surface area contributed by atoms with E-state index < -0.39 is 5.97 Å². The average molecular weight is 518 g/mol. The van der Waals surface area contributed by atoms with Crippen LogP contribution < -0.4 is 4.74 Å². The van der Waals surface area contributed by atoms with Crippen molar-refractivity contribution in [3.05, 3.63) is 93.8 Å². The lowest BCUT2D eigenvalue weighted by Gasteiger charge is -2.30. The van der Waals surface area contributed by atoms with E-state index in [1.165, 1.54) is 11.1 Å². The summed E-state index contributed by atoms with van der Waals surface area (Å²) in [7, 11) is 0. The number of hydrogen-bond donors (Lipinski definition) is 1. The summed E-state index contributed by atoms with van der Waals surface area (Å²) >= 11 is 6.28. The minimum atomic E-state index is -0.934. The third-order valence-corrected chi connectivity index (χ3v) is 7.61. The largest absolute Gasteiger partial charge is 0.489 e. The maximum absolute atomic E-state index is 11.6. The number of fused-ring (bicyclic) bond motifs is 2. The van der Waals surface area contributed by atoms with Crippen molar-refractivity contribution in [2.45, 2.75) is 45.2 Å². The number of rotatable bonds is 8. The van der Waals surface area contributed by atoms with Gasteiger partial charge < -0.3 is 19.1 Å². The fourth-order valence-corrected chi connectivity index (χ4v) is 5.25.